The van der Waals surface area contributed by atoms with E-state index in [9.17, 15) is 22.9 Å². The van der Waals surface area contributed by atoms with Gasteiger partial charge in [-0.15, -0.1) is 0 Å². The van der Waals surface area contributed by atoms with Crippen molar-refractivity contribution in [2.75, 3.05) is 33.4 Å². The Morgan fingerprint density at radius 3 is 2.52 bits per heavy atom. The van der Waals surface area contributed by atoms with Gasteiger partial charge >= 0.3 is 5.69 Å². The minimum atomic E-state index is -3.89. The number of benzene rings is 2. The van der Waals surface area contributed by atoms with Crippen LogP contribution in [0.3, 0.4) is 0 Å². The molecule has 0 bridgehead atoms. The molecule has 0 N–H and O–H groups in total. The first kappa shape index (κ1) is 21.0. The van der Waals surface area contributed by atoms with E-state index in [0.29, 0.717) is 11.3 Å². The van der Waals surface area contributed by atoms with Gasteiger partial charge in [0.2, 0.25) is 10.0 Å². The summed E-state index contributed by atoms with van der Waals surface area (Å²) in [7, 11) is -2.49. The van der Waals surface area contributed by atoms with Crippen molar-refractivity contribution < 1.29 is 31.9 Å². The summed E-state index contributed by atoms with van der Waals surface area (Å²) < 4.78 is 55.9. The van der Waals surface area contributed by atoms with Gasteiger partial charge in [0.1, 0.15) is 18.2 Å². The number of sulfonamides is 1. The molecular formula is C18H19FN2O7S. The van der Waals surface area contributed by atoms with Crippen LogP contribution in [-0.2, 0) is 21.4 Å². The van der Waals surface area contributed by atoms with E-state index in [0.717, 1.165) is 6.07 Å². The predicted octanol–water partition coefficient (Wildman–Crippen LogP) is 2.34. The van der Waals surface area contributed by atoms with Crippen LogP contribution in [0.15, 0.2) is 41.3 Å². The van der Waals surface area contributed by atoms with Gasteiger partial charge in [0.25, 0.3) is 0 Å². The molecule has 0 saturated carbocycles. The smallest absolute Gasteiger partial charge is 0.312 e. The molecule has 156 valence electrons. The predicted molar refractivity (Wildman–Crippen MR) is 100.0 cm³/mol. The van der Waals surface area contributed by atoms with Crippen molar-refractivity contribution in [3.8, 4) is 11.5 Å². The third-order valence-corrected chi connectivity index (χ3v) is 6.26. The Morgan fingerprint density at radius 1 is 1.17 bits per heavy atom. The minimum Gasteiger partial charge on any atom is -0.496 e. The van der Waals surface area contributed by atoms with Gasteiger partial charge < -0.3 is 14.2 Å². The highest BCUT2D eigenvalue weighted by Gasteiger charge is 2.29. The number of halogens is 1. The lowest BCUT2D eigenvalue weighted by Gasteiger charge is -2.26. The third kappa shape index (κ3) is 4.63. The molecule has 0 aliphatic carbocycles. The second-order valence-electron chi connectivity index (χ2n) is 6.15. The van der Waals surface area contributed by atoms with Crippen LogP contribution in [0.4, 0.5) is 10.1 Å². The molecule has 0 unspecified atom stereocenters. The Balaban J connectivity index is 1.87. The molecule has 1 aliphatic rings. The van der Waals surface area contributed by atoms with E-state index in [1.54, 1.807) is 0 Å². The van der Waals surface area contributed by atoms with Gasteiger partial charge in [-0.05, 0) is 30.3 Å². The lowest BCUT2D eigenvalue weighted by atomic mass is 10.2. The van der Waals surface area contributed by atoms with Gasteiger partial charge in [-0.2, -0.15) is 4.31 Å². The summed E-state index contributed by atoms with van der Waals surface area (Å²) in [6.07, 6.45) is 0. The number of nitro benzene ring substituents is 1. The molecule has 1 saturated heterocycles. The second-order valence-corrected chi connectivity index (χ2v) is 8.09. The molecule has 11 heteroatoms. The Morgan fingerprint density at radius 2 is 1.86 bits per heavy atom. The van der Waals surface area contributed by atoms with Crippen LogP contribution in [0.2, 0.25) is 0 Å². The first-order valence-electron chi connectivity index (χ1n) is 8.64. The topological polar surface area (TPSA) is 108 Å². The van der Waals surface area contributed by atoms with Gasteiger partial charge in [-0.3, -0.25) is 10.1 Å². The average Bonchev–Trinajstić information content (AvgIpc) is 2.72. The van der Waals surface area contributed by atoms with Crippen molar-refractivity contribution in [3.63, 3.8) is 0 Å². The number of methoxy groups -OCH3 is 1. The monoisotopic (exact) mass is 426 g/mol. The lowest BCUT2D eigenvalue weighted by Crippen LogP contribution is -2.40. The zero-order valence-electron chi connectivity index (χ0n) is 15.5. The van der Waals surface area contributed by atoms with E-state index in [4.69, 9.17) is 14.2 Å². The summed E-state index contributed by atoms with van der Waals surface area (Å²) in [5, 5.41) is 11.5. The fourth-order valence-corrected chi connectivity index (χ4v) is 4.30. The average molecular weight is 426 g/mol. The number of nitro groups is 1. The number of hydrogen-bond donors (Lipinski definition) is 0. The van der Waals surface area contributed by atoms with Crippen molar-refractivity contribution in [1.82, 2.24) is 4.31 Å². The SMILES string of the molecule is COc1ccc(F)cc1COc1ccc(S(=O)(=O)N2CCOCC2)cc1[N+](=O)[O-]. The van der Waals surface area contributed by atoms with Crippen molar-refractivity contribution in [2.45, 2.75) is 11.5 Å². The van der Waals surface area contributed by atoms with E-state index in [1.165, 1.54) is 41.7 Å². The maximum absolute atomic E-state index is 13.5. The molecule has 1 fully saturated rings. The van der Waals surface area contributed by atoms with Crippen LogP contribution < -0.4 is 9.47 Å². The Hall–Kier alpha value is -2.76. The first-order chi connectivity index (χ1) is 13.8. The molecule has 1 heterocycles. The van der Waals surface area contributed by atoms with Crippen molar-refractivity contribution >= 4 is 15.7 Å². The molecule has 0 spiro atoms. The quantitative estimate of drug-likeness (QED) is 0.494. The fourth-order valence-electron chi connectivity index (χ4n) is 2.87. The Kier molecular flexibility index (Phi) is 6.30. The van der Waals surface area contributed by atoms with Gasteiger partial charge in [0.05, 0.1) is 30.1 Å². The summed E-state index contributed by atoms with van der Waals surface area (Å²) in [5.74, 6) is -0.284. The van der Waals surface area contributed by atoms with Crippen LogP contribution in [-0.4, -0.2) is 51.1 Å². The molecule has 3 rings (SSSR count). The molecule has 0 radical (unpaired) electrons. The van der Waals surface area contributed by atoms with Gasteiger partial charge in [0.15, 0.2) is 5.75 Å². The highest BCUT2D eigenvalue weighted by Crippen LogP contribution is 2.32. The molecule has 1 aliphatic heterocycles. The Bertz CT molecular complexity index is 1010. The third-order valence-electron chi connectivity index (χ3n) is 4.36. The summed E-state index contributed by atoms with van der Waals surface area (Å²) in [5.41, 5.74) is -0.151. The zero-order chi connectivity index (χ0) is 21.0. The number of hydrogen-bond acceptors (Lipinski definition) is 7. The van der Waals surface area contributed by atoms with Crippen LogP contribution in [0.25, 0.3) is 0 Å². The van der Waals surface area contributed by atoms with E-state index in [2.05, 4.69) is 0 Å². The van der Waals surface area contributed by atoms with E-state index >= 15 is 0 Å². The molecule has 9 nitrogen and oxygen atoms in total. The highest BCUT2D eigenvalue weighted by atomic mass is 32.2. The number of morpholine rings is 1. The summed E-state index contributed by atoms with van der Waals surface area (Å²) >= 11 is 0. The normalized spacial score (nSPS) is 15.1. The van der Waals surface area contributed by atoms with Crippen LogP contribution in [0.5, 0.6) is 11.5 Å². The molecule has 0 atom stereocenters. The van der Waals surface area contributed by atoms with E-state index in [-0.39, 0.29) is 43.6 Å². The maximum atomic E-state index is 13.5. The molecular weight excluding hydrogens is 407 g/mol. The molecule has 2 aromatic carbocycles. The van der Waals surface area contributed by atoms with E-state index < -0.39 is 26.5 Å². The van der Waals surface area contributed by atoms with E-state index in [1.807, 2.05) is 0 Å². The van der Waals surface area contributed by atoms with Crippen LogP contribution in [0.1, 0.15) is 5.56 Å². The standard InChI is InChI=1S/C18H19FN2O7S/c1-26-17-4-2-14(19)10-13(17)12-28-18-5-3-15(11-16(18)21(22)23)29(24,25)20-6-8-27-9-7-20/h2-5,10-11H,6-9,12H2,1H3. The molecule has 0 aromatic heterocycles. The molecule has 2 aromatic rings. The number of rotatable bonds is 7. The number of ether oxygens (including phenoxy) is 3. The zero-order valence-corrected chi connectivity index (χ0v) is 16.4. The van der Waals surface area contributed by atoms with Crippen molar-refractivity contribution in [3.05, 3.63) is 57.9 Å². The van der Waals surface area contributed by atoms with Crippen LogP contribution in [0, 0.1) is 15.9 Å². The summed E-state index contributed by atoms with van der Waals surface area (Å²) in [4.78, 5) is 10.5. The van der Waals surface area contributed by atoms with Crippen molar-refractivity contribution in [1.29, 1.82) is 0 Å². The first-order valence-corrected chi connectivity index (χ1v) is 10.1. The van der Waals surface area contributed by atoms with Gasteiger partial charge in [-0.1, -0.05) is 0 Å². The largest absolute Gasteiger partial charge is 0.496 e. The Labute approximate surface area is 166 Å². The van der Waals surface area contributed by atoms with Gasteiger partial charge in [-0.25, -0.2) is 12.8 Å². The minimum absolute atomic E-state index is 0.137. The second kappa shape index (κ2) is 8.72. The van der Waals surface area contributed by atoms with Crippen LogP contribution >= 0.6 is 0 Å². The van der Waals surface area contributed by atoms with Crippen molar-refractivity contribution in [2.24, 2.45) is 0 Å². The summed E-state index contributed by atoms with van der Waals surface area (Å²) in [6.45, 7) is 0.675. The number of nitrogens with zero attached hydrogens (tertiary/aromatic N) is 2. The van der Waals surface area contributed by atoms with Gasteiger partial charge in [0, 0.05) is 24.7 Å². The fraction of sp³-hybridized carbons (Fsp3) is 0.333. The molecule has 29 heavy (non-hydrogen) atoms. The lowest BCUT2D eigenvalue weighted by molar-refractivity contribution is -0.386. The summed E-state index contributed by atoms with van der Waals surface area (Å²) in [6, 6.07) is 7.26. The molecule has 0 amide bonds. The highest BCUT2D eigenvalue weighted by molar-refractivity contribution is 7.89. The maximum Gasteiger partial charge on any atom is 0.312 e.